The molecule has 0 aliphatic carbocycles. The molecule has 0 bridgehead atoms. The summed E-state index contributed by atoms with van der Waals surface area (Å²) in [4.78, 5) is 14.4. The van der Waals surface area contributed by atoms with E-state index in [0.717, 1.165) is 0 Å². The number of aromatic amines is 1. The van der Waals surface area contributed by atoms with E-state index in [2.05, 4.69) is 19.9 Å². The van der Waals surface area contributed by atoms with Crippen molar-refractivity contribution in [2.45, 2.75) is 11.4 Å². The van der Waals surface area contributed by atoms with Crippen LogP contribution in [-0.4, -0.2) is 34.7 Å². The van der Waals surface area contributed by atoms with Gasteiger partial charge in [-0.3, -0.25) is 5.10 Å². The fourth-order valence-corrected chi connectivity index (χ4v) is 2.33. The molecule has 1 aromatic heterocycles. The summed E-state index contributed by atoms with van der Waals surface area (Å²) in [5.74, 6) is -0.732. The number of carboxylic acid groups (broad SMARTS) is 1. The zero-order valence-corrected chi connectivity index (χ0v) is 10.4. The first-order valence-corrected chi connectivity index (χ1v) is 6.64. The quantitative estimate of drug-likeness (QED) is 0.707. The maximum atomic E-state index is 11.9. The molecule has 0 aliphatic rings. The number of aromatic carboxylic acids is 1. The molecule has 0 amide bonds. The van der Waals surface area contributed by atoms with Gasteiger partial charge in [-0.2, -0.15) is 5.10 Å². The first kappa shape index (κ1) is 13.2. The summed E-state index contributed by atoms with van der Waals surface area (Å²) in [5.41, 5.74) is 0.0224. The molecule has 0 saturated carbocycles. The van der Waals surface area contributed by atoms with Gasteiger partial charge in [0, 0.05) is 0 Å². The maximum Gasteiger partial charge on any atom is 0.335 e. The Hall–Kier alpha value is -2.26. The van der Waals surface area contributed by atoms with Crippen LogP contribution in [0.25, 0.3) is 0 Å². The van der Waals surface area contributed by atoms with Crippen LogP contribution in [0.1, 0.15) is 16.2 Å². The lowest BCUT2D eigenvalue weighted by molar-refractivity contribution is 0.0696. The fourth-order valence-electron chi connectivity index (χ4n) is 1.34. The smallest absolute Gasteiger partial charge is 0.335 e. The van der Waals surface area contributed by atoms with E-state index in [0.29, 0.717) is 5.82 Å². The molecule has 0 unspecified atom stereocenters. The highest BCUT2D eigenvalue weighted by molar-refractivity contribution is 7.89. The predicted molar refractivity (Wildman–Crippen MR) is 63.8 cm³/mol. The van der Waals surface area contributed by atoms with Crippen LogP contribution in [0.3, 0.4) is 0 Å². The summed E-state index contributed by atoms with van der Waals surface area (Å²) in [6.07, 6.45) is 1.27. The summed E-state index contributed by atoms with van der Waals surface area (Å²) < 4.78 is 26.1. The van der Waals surface area contributed by atoms with Crippen LogP contribution >= 0.6 is 0 Å². The molecule has 0 atom stereocenters. The van der Waals surface area contributed by atoms with Gasteiger partial charge in [-0.1, -0.05) is 0 Å². The largest absolute Gasteiger partial charge is 0.478 e. The molecule has 3 N–H and O–H groups in total. The number of H-pyrrole nitrogens is 1. The van der Waals surface area contributed by atoms with Crippen LogP contribution in [0.15, 0.2) is 35.5 Å². The third-order valence-electron chi connectivity index (χ3n) is 2.31. The average molecular weight is 282 g/mol. The monoisotopic (exact) mass is 282 g/mol. The Morgan fingerprint density at radius 3 is 2.53 bits per heavy atom. The molecule has 100 valence electrons. The highest BCUT2D eigenvalue weighted by Gasteiger charge is 2.15. The highest BCUT2D eigenvalue weighted by atomic mass is 32.2. The van der Waals surface area contributed by atoms with Gasteiger partial charge >= 0.3 is 5.97 Å². The fraction of sp³-hybridized carbons (Fsp3) is 0.100. The van der Waals surface area contributed by atoms with Crippen molar-refractivity contribution in [2.24, 2.45) is 0 Å². The molecule has 1 heterocycles. The lowest BCUT2D eigenvalue weighted by Crippen LogP contribution is -2.23. The van der Waals surface area contributed by atoms with Gasteiger partial charge in [-0.05, 0) is 24.3 Å². The molecule has 0 saturated heterocycles. The second kappa shape index (κ2) is 5.16. The zero-order chi connectivity index (χ0) is 13.9. The lowest BCUT2D eigenvalue weighted by atomic mass is 10.2. The number of hydrogen-bond donors (Lipinski definition) is 3. The van der Waals surface area contributed by atoms with E-state index in [1.807, 2.05) is 0 Å². The first-order valence-electron chi connectivity index (χ1n) is 5.16. The second-order valence-electron chi connectivity index (χ2n) is 3.59. The van der Waals surface area contributed by atoms with Gasteiger partial charge in [-0.25, -0.2) is 22.9 Å². The molecule has 0 radical (unpaired) electrons. The van der Waals surface area contributed by atoms with Crippen molar-refractivity contribution in [3.63, 3.8) is 0 Å². The SMILES string of the molecule is O=C(O)c1ccc(S(=O)(=O)NCc2ncn[nH]2)cc1. The predicted octanol–water partition coefficient (Wildman–Crippen LogP) is -0.0186. The Bertz CT molecular complexity index is 664. The zero-order valence-electron chi connectivity index (χ0n) is 9.57. The van der Waals surface area contributed by atoms with E-state index in [1.54, 1.807) is 0 Å². The number of rotatable bonds is 5. The molecule has 9 heteroatoms. The molecular formula is C10H10N4O4S. The van der Waals surface area contributed by atoms with Crippen molar-refractivity contribution >= 4 is 16.0 Å². The van der Waals surface area contributed by atoms with Gasteiger partial charge in [0.1, 0.15) is 12.2 Å². The van der Waals surface area contributed by atoms with Crippen LogP contribution < -0.4 is 4.72 Å². The number of benzene rings is 1. The molecule has 1 aromatic carbocycles. The lowest BCUT2D eigenvalue weighted by Gasteiger charge is -2.05. The second-order valence-corrected chi connectivity index (χ2v) is 5.35. The van der Waals surface area contributed by atoms with E-state index in [4.69, 9.17) is 5.11 Å². The Morgan fingerprint density at radius 1 is 1.32 bits per heavy atom. The third-order valence-corrected chi connectivity index (χ3v) is 3.72. The molecule has 0 spiro atoms. The first-order chi connectivity index (χ1) is 8.99. The van der Waals surface area contributed by atoms with E-state index >= 15 is 0 Å². The molecule has 19 heavy (non-hydrogen) atoms. The molecule has 8 nitrogen and oxygen atoms in total. The van der Waals surface area contributed by atoms with Crippen molar-refractivity contribution in [3.05, 3.63) is 42.0 Å². The number of carboxylic acids is 1. The van der Waals surface area contributed by atoms with Crippen molar-refractivity contribution < 1.29 is 18.3 Å². The summed E-state index contributed by atoms with van der Waals surface area (Å²) in [6.45, 7) is -0.0248. The van der Waals surface area contributed by atoms with Crippen LogP contribution in [0, 0.1) is 0 Å². The van der Waals surface area contributed by atoms with Crippen molar-refractivity contribution in [2.75, 3.05) is 0 Å². The molecule has 2 rings (SSSR count). The van der Waals surface area contributed by atoms with E-state index in [9.17, 15) is 13.2 Å². The van der Waals surface area contributed by atoms with E-state index in [-0.39, 0.29) is 17.0 Å². The summed E-state index contributed by atoms with van der Waals surface area (Å²) >= 11 is 0. The average Bonchev–Trinajstić information content (AvgIpc) is 2.90. The van der Waals surface area contributed by atoms with Crippen LogP contribution in [-0.2, 0) is 16.6 Å². The number of sulfonamides is 1. The van der Waals surface area contributed by atoms with Gasteiger partial charge in [0.15, 0.2) is 0 Å². The standard InChI is InChI=1S/C10H10N4O4S/c15-10(16)7-1-3-8(4-2-7)19(17,18)13-5-9-11-6-12-14-9/h1-4,6,13H,5H2,(H,15,16)(H,11,12,14). The number of carbonyl (C=O) groups is 1. The van der Waals surface area contributed by atoms with Gasteiger partial charge in [0.25, 0.3) is 0 Å². The van der Waals surface area contributed by atoms with E-state index < -0.39 is 16.0 Å². The Morgan fingerprint density at radius 2 is 2.00 bits per heavy atom. The minimum absolute atomic E-state index is 0.0167. The van der Waals surface area contributed by atoms with Crippen molar-refractivity contribution in [1.82, 2.24) is 19.9 Å². The highest BCUT2D eigenvalue weighted by Crippen LogP contribution is 2.10. The number of nitrogens with one attached hydrogen (secondary N) is 2. The minimum atomic E-state index is -3.71. The number of nitrogens with zero attached hydrogens (tertiary/aromatic N) is 2. The van der Waals surface area contributed by atoms with Crippen LogP contribution in [0.4, 0.5) is 0 Å². The van der Waals surface area contributed by atoms with Gasteiger partial charge in [0.05, 0.1) is 17.0 Å². The van der Waals surface area contributed by atoms with Crippen molar-refractivity contribution in [3.8, 4) is 0 Å². The normalized spacial score (nSPS) is 11.4. The van der Waals surface area contributed by atoms with E-state index in [1.165, 1.54) is 30.6 Å². The topological polar surface area (TPSA) is 125 Å². The van der Waals surface area contributed by atoms with Crippen molar-refractivity contribution in [1.29, 1.82) is 0 Å². The van der Waals surface area contributed by atoms with Crippen LogP contribution in [0.5, 0.6) is 0 Å². The van der Waals surface area contributed by atoms with Gasteiger partial charge in [0.2, 0.25) is 10.0 Å². The summed E-state index contributed by atoms with van der Waals surface area (Å²) in [5, 5.41) is 14.8. The van der Waals surface area contributed by atoms with Crippen LogP contribution in [0.2, 0.25) is 0 Å². The molecule has 2 aromatic rings. The Labute approximate surface area is 108 Å². The van der Waals surface area contributed by atoms with Gasteiger partial charge < -0.3 is 5.11 Å². The molecule has 0 fully saturated rings. The minimum Gasteiger partial charge on any atom is -0.478 e. The molecule has 0 aliphatic heterocycles. The maximum absolute atomic E-state index is 11.9. The summed E-state index contributed by atoms with van der Waals surface area (Å²) in [7, 11) is -3.71. The number of aromatic nitrogens is 3. The van der Waals surface area contributed by atoms with Gasteiger partial charge in [-0.15, -0.1) is 0 Å². The summed E-state index contributed by atoms with van der Waals surface area (Å²) in [6, 6.07) is 4.91. The Kier molecular flexibility index (Phi) is 3.58. The number of hydrogen-bond acceptors (Lipinski definition) is 5. The third kappa shape index (κ3) is 3.14. The molecular weight excluding hydrogens is 272 g/mol. The Balaban J connectivity index is 2.13.